The van der Waals surface area contributed by atoms with Crippen molar-refractivity contribution in [2.24, 2.45) is 0 Å². The molecule has 2 rings (SSSR count). The molecule has 0 bridgehead atoms. The Morgan fingerprint density at radius 3 is 3.07 bits per heavy atom. The van der Waals surface area contributed by atoms with E-state index in [2.05, 4.69) is 18.0 Å². The van der Waals surface area contributed by atoms with Crippen molar-refractivity contribution >= 4 is 17.2 Å². The second kappa shape index (κ2) is 3.92. The fourth-order valence-corrected chi connectivity index (χ4v) is 1.96. The first-order chi connectivity index (χ1) is 6.77. The topological polar surface area (TPSA) is 33.2 Å². The Kier molecular flexibility index (Phi) is 2.63. The van der Waals surface area contributed by atoms with Crippen molar-refractivity contribution in [3.8, 4) is 0 Å². The summed E-state index contributed by atoms with van der Waals surface area (Å²) in [5.41, 5.74) is 3.63. The van der Waals surface area contributed by atoms with Gasteiger partial charge in [0, 0.05) is 18.5 Å². The maximum Gasteiger partial charge on any atom is 0.273 e. The third kappa shape index (κ3) is 1.85. The molecule has 0 aliphatic carbocycles. The van der Waals surface area contributed by atoms with Crippen molar-refractivity contribution in [3.63, 3.8) is 0 Å². The van der Waals surface area contributed by atoms with Crippen LogP contribution in [0.15, 0.2) is 22.5 Å². The van der Waals surface area contributed by atoms with Crippen molar-refractivity contribution in [1.29, 1.82) is 0 Å². The van der Waals surface area contributed by atoms with Crippen molar-refractivity contribution in [1.82, 2.24) is 9.88 Å². The van der Waals surface area contributed by atoms with Gasteiger partial charge in [-0.05, 0) is 13.3 Å². The number of hydrogen-bond donors (Lipinski definition) is 0. The fourth-order valence-electron chi connectivity index (χ4n) is 1.44. The second-order valence-electron chi connectivity index (χ2n) is 3.43. The monoisotopic (exact) mass is 208 g/mol. The molecule has 0 fully saturated rings. The highest BCUT2D eigenvalue weighted by Crippen LogP contribution is 2.13. The molecule has 1 aromatic rings. The van der Waals surface area contributed by atoms with E-state index < -0.39 is 0 Å². The molecule has 4 heteroatoms. The van der Waals surface area contributed by atoms with Crippen LogP contribution in [0.1, 0.15) is 23.8 Å². The standard InChI is InChI=1S/C10H12N2OS/c1-8-2-4-12(5-3-8)10(13)9-6-14-7-11-9/h2,6-7H,3-5H2,1H3. The first-order valence-electron chi connectivity index (χ1n) is 4.60. The summed E-state index contributed by atoms with van der Waals surface area (Å²) in [6, 6.07) is 0. The predicted octanol–water partition coefficient (Wildman–Crippen LogP) is 1.94. The molecule has 74 valence electrons. The van der Waals surface area contributed by atoms with Crippen molar-refractivity contribution < 1.29 is 4.79 Å². The molecule has 14 heavy (non-hydrogen) atoms. The number of amides is 1. The van der Waals surface area contributed by atoms with Gasteiger partial charge in [0.25, 0.3) is 5.91 Å². The van der Waals surface area contributed by atoms with Crippen LogP contribution < -0.4 is 0 Å². The molecule has 0 atom stereocenters. The molecule has 1 aliphatic heterocycles. The number of carbonyl (C=O) groups excluding carboxylic acids is 1. The molecule has 0 saturated heterocycles. The lowest BCUT2D eigenvalue weighted by atomic mass is 10.1. The molecule has 0 unspecified atom stereocenters. The summed E-state index contributed by atoms with van der Waals surface area (Å²) in [5, 5.41) is 1.80. The van der Waals surface area contributed by atoms with Gasteiger partial charge in [0.2, 0.25) is 0 Å². The molecule has 1 amide bonds. The van der Waals surface area contributed by atoms with Gasteiger partial charge < -0.3 is 4.90 Å². The highest BCUT2D eigenvalue weighted by molar-refractivity contribution is 7.07. The lowest BCUT2D eigenvalue weighted by Gasteiger charge is -2.24. The minimum Gasteiger partial charge on any atom is -0.333 e. The number of thiazole rings is 1. The number of aromatic nitrogens is 1. The first kappa shape index (κ1) is 9.40. The lowest BCUT2D eigenvalue weighted by Crippen LogP contribution is -2.34. The molecule has 3 nitrogen and oxygen atoms in total. The zero-order chi connectivity index (χ0) is 9.97. The number of nitrogens with zero attached hydrogens (tertiary/aromatic N) is 2. The van der Waals surface area contributed by atoms with E-state index in [-0.39, 0.29) is 5.91 Å². The van der Waals surface area contributed by atoms with E-state index in [0.717, 1.165) is 19.5 Å². The van der Waals surface area contributed by atoms with Crippen LogP contribution in [0.25, 0.3) is 0 Å². The van der Waals surface area contributed by atoms with Gasteiger partial charge in [0.05, 0.1) is 5.51 Å². The molecule has 0 radical (unpaired) electrons. The third-order valence-corrected chi connectivity index (χ3v) is 2.96. The van der Waals surface area contributed by atoms with Gasteiger partial charge in [-0.25, -0.2) is 4.98 Å². The molecule has 2 heterocycles. The van der Waals surface area contributed by atoms with E-state index in [1.54, 1.807) is 10.9 Å². The third-order valence-electron chi connectivity index (χ3n) is 2.37. The van der Waals surface area contributed by atoms with Crippen molar-refractivity contribution in [3.05, 3.63) is 28.2 Å². The minimum absolute atomic E-state index is 0.0509. The van der Waals surface area contributed by atoms with Crippen LogP contribution in [0.5, 0.6) is 0 Å². The molecule has 0 spiro atoms. The van der Waals surface area contributed by atoms with Crippen molar-refractivity contribution in [2.75, 3.05) is 13.1 Å². The zero-order valence-electron chi connectivity index (χ0n) is 8.06. The average molecular weight is 208 g/mol. The van der Waals surface area contributed by atoms with E-state index in [0.29, 0.717) is 5.69 Å². The van der Waals surface area contributed by atoms with Gasteiger partial charge in [-0.2, -0.15) is 0 Å². The molecular formula is C10H12N2OS. The summed E-state index contributed by atoms with van der Waals surface area (Å²) in [4.78, 5) is 17.7. The maximum absolute atomic E-state index is 11.8. The van der Waals surface area contributed by atoms with E-state index in [9.17, 15) is 4.79 Å². The molecular weight excluding hydrogens is 196 g/mol. The SMILES string of the molecule is CC1=CCN(C(=O)c2cscn2)CC1. The van der Waals surface area contributed by atoms with Gasteiger partial charge in [0.1, 0.15) is 5.69 Å². The molecule has 0 saturated carbocycles. The van der Waals surface area contributed by atoms with Crippen LogP contribution in [-0.4, -0.2) is 28.9 Å². The molecule has 0 N–H and O–H groups in total. The van der Waals surface area contributed by atoms with Crippen LogP contribution in [0.4, 0.5) is 0 Å². The fraction of sp³-hybridized carbons (Fsp3) is 0.400. The summed E-state index contributed by atoms with van der Waals surface area (Å²) in [6.07, 6.45) is 3.09. The maximum atomic E-state index is 11.8. The Hall–Kier alpha value is -1.16. The summed E-state index contributed by atoms with van der Waals surface area (Å²) < 4.78 is 0. The number of hydrogen-bond acceptors (Lipinski definition) is 3. The Morgan fingerprint density at radius 1 is 1.64 bits per heavy atom. The van der Waals surface area contributed by atoms with Gasteiger partial charge >= 0.3 is 0 Å². The van der Waals surface area contributed by atoms with Crippen LogP contribution in [0, 0.1) is 0 Å². The minimum atomic E-state index is 0.0509. The summed E-state index contributed by atoms with van der Waals surface area (Å²) in [6.45, 7) is 3.64. The molecule has 1 aromatic heterocycles. The van der Waals surface area contributed by atoms with Crippen molar-refractivity contribution in [2.45, 2.75) is 13.3 Å². The van der Waals surface area contributed by atoms with Gasteiger partial charge in [-0.1, -0.05) is 11.6 Å². The summed E-state index contributed by atoms with van der Waals surface area (Å²) in [7, 11) is 0. The van der Waals surface area contributed by atoms with E-state index >= 15 is 0 Å². The Balaban J connectivity index is 2.07. The second-order valence-corrected chi connectivity index (χ2v) is 4.14. The molecule has 0 aromatic carbocycles. The Bertz CT molecular complexity index is 356. The Morgan fingerprint density at radius 2 is 2.50 bits per heavy atom. The van der Waals surface area contributed by atoms with Crippen LogP contribution >= 0.6 is 11.3 Å². The smallest absolute Gasteiger partial charge is 0.273 e. The van der Waals surface area contributed by atoms with Crippen LogP contribution in [0.2, 0.25) is 0 Å². The van der Waals surface area contributed by atoms with Crippen LogP contribution in [0.3, 0.4) is 0 Å². The largest absolute Gasteiger partial charge is 0.333 e. The van der Waals surface area contributed by atoms with E-state index in [4.69, 9.17) is 0 Å². The van der Waals surface area contributed by atoms with Gasteiger partial charge in [0.15, 0.2) is 0 Å². The van der Waals surface area contributed by atoms with E-state index in [1.165, 1.54) is 16.9 Å². The highest BCUT2D eigenvalue weighted by Gasteiger charge is 2.18. The Labute approximate surface area is 87.1 Å². The summed E-state index contributed by atoms with van der Waals surface area (Å²) >= 11 is 1.46. The average Bonchev–Trinajstić information content (AvgIpc) is 2.71. The summed E-state index contributed by atoms with van der Waals surface area (Å²) in [5.74, 6) is 0.0509. The van der Waals surface area contributed by atoms with Gasteiger partial charge in [-0.15, -0.1) is 11.3 Å². The number of carbonyl (C=O) groups is 1. The predicted molar refractivity (Wildman–Crippen MR) is 56.4 cm³/mol. The first-order valence-corrected chi connectivity index (χ1v) is 5.55. The van der Waals surface area contributed by atoms with Crippen LogP contribution in [-0.2, 0) is 0 Å². The zero-order valence-corrected chi connectivity index (χ0v) is 8.88. The highest BCUT2D eigenvalue weighted by atomic mass is 32.1. The number of rotatable bonds is 1. The van der Waals surface area contributed by atoms with E-state index in [1.807, 2.05) is 4.90 Å². The normalized spacial score (nSPS) is 16.6. The lowest BCUT2D eigenvalue weighted by molar-refractivity contribution is 0.0764. The van der Waals surface area contributed by atoms with Gasteiger partial charge in [-0.3, -0.25) is 4.79 Å². The molecule has 1 aliphatic rings. The quantitative estimate of drug-likeness (QED) is 0.661.